The van der Waals surface area contributed by atoms with Crippen LogP contribution in [0.25, 0.3) is 0 Å². The van der Waals surface area contributed by atoms with Crippen molar-refractivity contribution < 1.29 is 9.53 Å². The molecule has 0 saturated heterocycles. The average molecular weight is 247 g/mol. The van der Waals surface area contributed by atoms with Crippen LogP contribution >= 0.6 is 0 Å². The molecule has 1 saturated carbocycles. The Balaban J connectivity index is 2.31. The fourth-order valence-electron chi connectivity index (χ4n) is 2.63. The normalized spacial score (nSPS) is 17.1. The lowest BCUT2D eigenvalue weighted by atomic mass is 9.64. The molecule has 1 aromatic rings. The molecule has 1 aliphatic rings. The van der Waals surface area contributed by atoms with E-state index in [4.69, 9.17) is 10.5 Å². The lowest BCUT2D eigenvalue weighted by molar-refractivity contribution is 0.0636. The fourth-order valence-corrected chi connectivity index (χ4v) is 2.63. The predicted octanol–water partition coefficient (Wildman–Crippen LogP) is 2.57. The Hall–Kier alpha value is -1.35. The number of hydrogen-bond acceptors (Lipinski definition) is 3. The first-order valence-corrected chi connectivity index (χ1v) is 6.58. The van der Waals surface area contributed by atoms with Crippen LogP contribution in [0.15, 0.2) is 18.2 Å². The van der Waals surface area contributed by atoms with Gasteiger partial charge in [-0.2, -0.15) is 0 Å². The quantitative estimate of drug-likeness (QED) is 0.814. The van der Waals surface area contributed by atoms with E-state index in [9.17, 15) is 4.79 Å². The number of carbonyl (C=O) groups excluding carboxylic acids is 1. The summed E-state index contributed by atoms with van der Waals surface area (Å²) in [6.07, 6.45) is 3.82. The van der Waals surface area contributed by atoms with Crippen LogP contribution in [0, 0.1) is 5.41 Å². The molecule has 1 aliphatic carbocycles. The highest BCUT2D eigenvalue weighted by Gasteiger charge is 2.43. The summed E-state index contributed by atoms with van der Waals surface area (Å²) in [5.74, 6) is 1.05. The predicted molar refractivity (Wildman–Crippen MR) is 72.0 cm³/mol. The van der Waals surface area contributed by atoms with Gasteiger partial charge in [0.05, 0.1) is 7.11 Å². The summed E-state index contributed by atoms with van der Waals surface area (Å²) in [6, 6.07) is 5.70. The van der Waals surface area contributed by atoms with Crippen molar-refractivity contribution in [3.63, 3.8) is 0 Å². The third-order valence-corrected chi connectivity index (χ3v) is 4.11. The lowest BCUT2D eigenvalue weighted by Crippen LogP contribution is -2.44. The van der Waals surface area contributed by atoms with E-state index in [1.165, 1.54) is 0 Å². The zero-order valence-corrected chi connectivity index (χ0v) is 11.2. The van der Waals surface area contributed by atoms with Crippen molar-refractivity contribution in [1.29, 1.82) is 0 Å². The van der Waals surface area contributed by atoms with Crippen molar-refractivity contribution in [1.82, 2.24) is 0 Å². The number of carbonyl (C=O) groups is 1. The summed E-state index contributed by atoms with van der Waals surface area (Å²) >= 11 is 0. The first kappa shape index (κ1) is 13.1. The SMILES string of the molecule is CCc1cc(C(=O)C2(CN)CCC2)ccc1OC. The Bertz CT molecular complexity index is 444. The molecule has 18 heavy (non-hydrogen) atoms. The van der Waals surface area contributed by atoms with Gasteiger partial charge in [0.25, 0.3) is 0 Å². The molecule has 0 heterocycles. The van der Waals surface area contributed by atoms with Gasteiger partial charge in [0.2, 0.25) is 0 Å². The molecular formula is C15H21NO2. The van der Waals surface area contributed by atoms with Crippen molar-refractivity contribution in [2.75, 3.05) is 13.7 Å². The number of benzene rings is 1. The molecule has 3 heteroatoms. The van der Waals surface area contributed by atoms with Crippen LogP contribution in [0.5, 0.6) is 5.75 Å². The van der Waals surface area contributed by atoms with Gasteiger partial charge in [0.1, 0.15) is 5.75 Å². The van der Waals surface area contributed by atoms with Crippen LogP contribution in [0.2, 0.25) is 0 Å². The van der Waals surface area contributed by atoms with Crippen molar-refractivity contribution in [3.05, 3.63) is 29.3 Å². The van der Waals surface area contributed by atoms with Crippen LogP contribution in [0.4, 0.5) is 0 Å². The summed E-state index contributed by atoms with van der Waals surface area (Å²) in [5, 5.41) is 0. The number of rotatable bonds is 5. The molecule has 0 bridgehead atoms. The van der Waals surface area contributed by atoms with Crippen LogP contribution < -0.4 is 10.5 Å². The third-order valence-electron chi connectivity index (χ3n) is 4.11. The molecule has 1 fully saturated rings. The second kappa shape index (κ2) is 5.11. The van der Waals surface area contributed by atoms with Crippen molar-refractivity contribution >= 4 is 5.78 Å². The van der Waals surface area contributed by atoms with Crippen LogP contribution in [-0.4, -0.2) is 19.4 Å². The summed E-state index contributed by atoms with van der Waals surface area (Å²) < 4.78 is 5.29. The van der Waals surface area contributed by atoms with Gasteiger partial charge in [-0.15, -0.1) is 0 Å². The molecule has 0 amide bonds. The maximum absolute atomic E-state index is 12.5. The number of nitrogens with two attached hydrogens (primary N) is 1. The minimum atomic E-state index is -0.292. The Morgan fingerprint density at radius 1 is 1.44 bits per heavy atom. The fraction of sp³-hybridized carbons (Fsp3) is 0.533. The van der Waals surface area contributed by atoms with Crippen LogP contribution in [-0.2, 0) is 6.42 Å². The molecular weight excluding hydrogens is 226 g/mol. The molecule has 0 spiro atoms. The number of Topliss-reactive ketones (excluding diaryl/α,β-unsaturated/α-hetero) is 1. The number of methoxy groups -OCH3 is 1. The van der Waals surface area contributed by atoms with E-state index in [0.717, 1.165) is 42.6 Å². The Labute approximate surface area is 108 Å². The second-order valence-corrected chi connectivity index (χ2v) is 5.05. The minimum Gasteiger partial charge on any atom is -0.496 e. The van der Waals surface area contributed by atoms with E-state index in [1.807, 2.05) is 18.2 Å². The maximum Gasteiger partial charge on any atom is 0.170 e. The molecule has 2 rings (SSSR count). The number of ketones is 1. The van der Waals surface area contributed by atoms with Gasteiger partial charge < -0.3 is 10.5 Å². The number of hydrogen-bond donors (Lipinski definition) is 1. The molecule has 2 N–H and O–H groups in total. The van der Waals surface area contributed by atoms with E-state index in [1.54, 1.807) is 7.11 Å². The van der Waals surface area contributed by atoms with Crippen molar-refractivity contribution in [2.45, 2.75) is 32.6 Å². The third kappa shape index (κ3) is 2.03. The van der Waals surface area contributed by atoms with Gasteiger partial charge in [-0.25, -0.2) is 0 Å². The van der Waals surface area contributed by atoms with E-state index in [-0.39, 0.29) is 11.2 Å². The van der Waals surface area contributed by atoms with Gasteiger partial charge in [0.15, 0.2) is 5.78 Å². The smallest absolute Gasteiger partial charge is 0.170 e. The molecule has 3 nitrogen and oxygen atoms in total. The second-order valence-electron chi connectivity index (χ2n) is 5.05. The molecule has 0 unspecified atom stereocenters. The van der Waals surface area contributed by atoms with E-state index in [2.05, 4.69) is 6.92 Å². The van der Waals surface area contributed by atoms with E-state index >= 15 is 0 Å². The summed E-state index contributed by atoms with van der Waals surface area (Å²) in [4.78, 5) is 12.5. The zero-order chi connectivity index (χ0) is 13.2. The summed E-state index contributed by atoms with van der Waals surface area (Å²) in [6.45, 7) is 2.52. The van der Waals surface area contributed by atoms with Gasteiger partial charge in [0, 0.05) is 17.5 Å². The highest BCUT2D eigenvalue weighted by Crippen LogP contribution is 2.43. The average Bonchev–Trinajstić information content (AvgIpc) is 2.37. The van der Waals surface area contributed by atoms with E-state index < -0.39 is 0 Å². The number of ether oxygens (including phenoxy) is 1. The van der Waals surface area contributed by atoms with E-state index in [0.29, 0.717) is 6.54 Å². The Morgan fingerprint density at radius 3 is 2.61 bits per heavy atom. The lowest BCUT2D eigenvalue weighted by Gasteiger charge is -2.39. The largest absolute Gasteiger partial charge is 0.496 e. The first-order chi connectivity index (χ1) is 8.66. The zero-order valence-electron chi connectivity index (χ0n) is 11.2. The highest BCUT2D eigenvalue weighted by molar-refractivity contribution is 6.01. The monoisotopic (exact) mass is 247 g/mol. The Morgan fingerprint density at radius 2 is 2.17 bits per heavy atom. The first-order valence-electron chi connectivity index (χ1n) is 6.58. The number of aryl methyl sites for hydroxylation is 1. The highest BCUT2D eigenvalue weighted by atomic mass is 16.5. The molecule has 98 valence electrons. The van der Waals surface area contributed by atoms with Gasteiger partial charge in [-0.3, -0.25) is 4.79 Å². The summed E-state index contributed by atoms with van der Waals surface area (Å²) in [7, 11) is 1.66. The molecule has 1 aromatic carbocycles. The topological polar surface area (TPSA) is 52.3 Å². The molecule has 0 aliphatic heterocycles. The van der Waals surface area contributed by atoms with Gasteiger partial charge >= 0.3 is 0 Å². The summed E-state index contributed by atoms with van der Waals surface area (Å²) in [5.41, 5.74) is 7.35. The Kier molecular flexibility index (Phi) is 3.71. The molecule has 0 radical (unpaired) electrons. The minimum absolute atomic E-state index is 0.202. The van der Waals surface area contributed by atoms with Crippen molar-refractivity contribution in [3.8, 4) is 5.75 Å². The van der Waals surface area contributed by atoms with Crippen LogP contribution in [0.1, 0.15) is 42.1 Å². The molecule has 0 atom stereocenters. The van der Waals surface area contributed by atoms with Crippen LogP contribution in [0.3, 0.4) is 0 Å². The van der Waals surface area contributed by atoms with Gasteiger partial charge in [-0.1, -0.05) is 13.3 Å². The standard InChI is InChI=1S/C15H21NO2/c1-3-11-9-12(5-6-13(11)18-2)14(17)15(10-16)7-4-8-15/h5-6,9H,3-4,7-8,10,16H2,1-2H3. The molecule has 0 aromatic heterocycles. The van der Waals surface area contributed by atoms with Gasteiger partial charge in [-0.05, 0) is 43.0 Å². The van der Waals surface area contributed by atoms with Crippen molar-refractivity contribution in [2.24, 2.45) is 11.1 Å². The maximum atomic E-state index is 12.5.